The highest BCUT2D eigenvalue weighted by molar-refractivity contribution is 6.11. The third-order valence-corrected chi connectivity index (χ3v) is 13.9. The summed E-state index contributed by atoms with van der Waals surface area (Å²) in [5.74, 6) is 0.982. The van der Waals surface area contributed by atoms with Gasteiger partial charge in [0.1, 0.15) is 22.6 Å². The van der Waals surface area contributed by atoms with Crippen LogP contribution in [0.15, 0.2) is 180 Å². The van der Waals surface area contributed by atoms with Crippen LogP contribution in [0.5, 0.6) is 5.75 Å². The van der Waals surface area contributed by atoms with Crippen LogP contribution in [-0.4, -0.2) is 19.6 Å². The molecule has 1 N–H and O–H groups in total. The molecule has 0 saturated heterocycles. The molecule has 0 bridgehead atoms. The molecule has 8 aromatic carbocycles. The van der Waals surface area contributed by atoms with E-state index in [4.69, 9.17) is 14.4 Å². The Morgan fingerprint density at radius 2 is 1.22 bits per heavy atom. The molecule has 0 amide bonds. The summed E-state index contributed by atoms with van der Waals surface area (Å²) in [6.45, 7) is 11.2. The summed E-state index contributed by atoms with van der Waals surface area (Å²) in [6, 6.07) is 62.5. The molecule has 0 aliphatic heterocycles. The van der Waals surface area contributed by atoms with E-state index in [0.29, 0.717) is 0 Å². The maximum absolute atomic E-state index is 11.3. The molecule has 0 atom stereocenters. The van der Waals surface area contributed by atoms with E-state index < -0.39 is 0 Å². The molecule has 11 aromatic rings. The normalized spacial score (nSPS) is 12.5. The number of rotatable bonds is 6. The third-order valence-electron chi connectivity index (χ3n) is 13.9. The lowest BCUT2D eigenvalue weighted by atomic mass is 9.81. The monoisotopic (exact) mass is 867 g/mol. The van der Waals surface area contributed by atoms with Crippen molar-refractivity contribution in [2.45, 2.75) is 52.9 Å². The Balaban J connectivity index is 1.22. The van der Waals surface area contributed by atoms with Crippen LogP contribution in [0.1, 0.15) is 48.6 Å². The lowest BCUT2D eigenvalue weighted by molar-refractivity contribution is 0.476. The Morgan fingerprint density at radius 1 is 0.522 bits per heavy atom. The van der Waals surface area contributed by atoms with Crippen LogP contribution in [0.25, 0.3) is 106 Å². The Labute approximate surface area is 390 Å². The number of aromatic nitrogens is 3. The lowest BCUT2D eigenvalue weighted by Gasteiger charge is -2.23. The van der Waals surface area contributed by atoms with E-state index >= 15 is 0 Å². The molecule has 0 radical (unpaired) electrons. The van der Waals surface area contributed by atoms with E-state index in [1.54, 1.807) is 6.07 Å². The number of phenols is 1. The van der Waals surface area contributed by atoms with Gasteiger partial charge in [-0.05, 0) is 135 Å². The number of aromatic hydroxyl groups is 1. The quantitative estimate of drug-likeness (QED) is 0.181. The van der Waals surface area contributed by atoms with Gasteiger partial charge in [-0.15, -0.1) is 0 Å². The number of fused-ring (bicyclic) bond motifs is 7. The summed E-state index contributed by atoms with van der Waals surface area (Å²) in [6.07, 6.45) is 1.71. The average molecular weight is 868 g/mol. The molecular weight excluding hydrogens is 819 g/mol. The van der Waals surface area contributed by atoms with Gasteiger partial charge in [0.15, 0.2) is 5.82 Å². The van der Waals surface area contributed by atoms with Crippen molar-refractivity contribution in [1.29, 1.82) is 0 Å². The first-order valence-electron chi connectivity index (χ1n) is 23.3. The highest BCUT2D eigenvalue weighted by atomic mass is 16.3. The third kappa shape index (κ3) is 6.68. The van der Waals surface area contributed by atoms with Crippen molar-refractivity contribution < 1.29 is 9.52 Å². The van der Waals surface area contributed by atoms with Crippen LogP contribution in [0.4, 0.5) is 0 Å². The highest BCUT2D eigenvalue weighted by Crippen LogP contribution is 2.49. The van der Waals surface area contributed by atoms with Crippen molar-refractivity contribution in [2.24, 2.45) is 0 Å². The fourth-order valence-corrected chi connectivity index (χ4v) is 10.5. The molecule has 5 heteroatoms. The fraction of sp³-hybridized carbons (Fsp3) is 0.129. The zero-order valence-corrected chi connectivity index (χ0v) is 38.4. The van der Waals surface area contributed by atoms with Gasteiger partial charge >= 0.3 is 0 Å². The van der Waals surface area contributed by atoms with Crippen molar-refractivity contribution in [2.75, 3.05) is 0 Å². The van der Waals surface area contributed by atoms with Crippen molar-refractivity contribution in [1.82, 2.24) is 14.5 Å². The number of imidazole rings is 1. The first-order valence-corrected chi connectivity index (χ1v) is 23.3. The molecule has 5 nitrogen and oxygen atoms in total. The van der Waals surface area contributed by atoms with Crippen LogP contribution in [0.3, 0.4) is 0 Å². The van der Waals surface area contributed by atoms with Gasteiger partial charge in [0.25, 0.3) is 0 Å². The van der Waals surface area contributed by atoms with Crippen LogP contribution in [-0.2, 0) is 18.3 Å². The summed E-state index contributed by atoms with van der Waals surface area (Å²) in [5, 5.41) is 13.5. The Hall–Kier alpha value is -8.02. The standard InChI is InChI=1S/C62H49N3O2/c1-37-15-11-16-38(2)60(37)65-51-34-32-49(57-45(39-17-7-6-8-18-39)23-14-24-46(57)42-20-12-21-44(35-42)62(3,4)5)55(43-29-31-48-47-22-9-10-26-53(47)67-54(48)36-43)59(51)64-61(65)50-33-30-41-28-27-40-19-13-25-52(66)56(40)58(41)63-50/h6-26,29-36,66H,27-28H2,1-5H3. The van der Waals surface area contributed by atoms with Crippen LogP contribution in [0, 0.1) is 13.8 Å². The Kier molecular flexibility index (Phi) is 9.40. The second-order valence-electron chi connectivity index (χ2n) is 19.1. The second-order valence-corrected chi connectivity index (χ2v) is 19.1. The number of hydrogen-bond donors (Lipinski definition) is 1. The number of nitrogens with zero attached hydrogens (tertiary/aromatic N) is 3. The minimum atomic E-state index is -0.0399. The Bertz CT molecular complexity index is 3750. The number of pyridine rings is 1. The van der Waals surface area contributed by atoms with Crippen LogP contribution in [0.2, 0.25) is 0 Å². The molecule has 3 aromatic heterocycles. The van der Waals surface area contributed by atoms with Gasteiger partial charge in [0.2, 0.25) is 0 Å². The van der Waals surface area contributed by atoms with Gasteiger partial charge in [-0.3, -0.25) is 4.57 Å². The van der Waals surface area contributed by atoms with E-state index in [2.05, 4.69) is 191 Å². The van der Waals surface area contributed by atoms with Gasteiger partial charge in [0, 0.05) is 21.9 Å². The smallest absolute Gasteiger partial charge is 0.164 e. The van der Waals surface area contributed by atoms with Gasteiger partial charge in [0.05, 0.1) is 22.4 Å². The molecule has 67 heavy (non-hydrogen) atoms. The minimum Gasteiger partial charge on any atom is -0.507 e. The van der Waals surface area contributed by atoms with Crippen molar-refractivity contribution in [3.63, 3.8) is 0 Å². The predicted octanol–water partition coefficient (Wildman–Crippen LogP) is 16.0. The topological polar surface area (TPSA) is 64.1 Å². The maximum atomic E-state index is 11.3. The predicted molar refractivity (Wildman–Crippen MR) is 276 cm³/mol. The van der Waals surface area contributed by atoms with Gasteiger partial charge in [-0.25, -0.2) is 9.97 Å². The summed E-state index contributed by atoms with van der Waals surface area (Å²) in [7, 11) is 0. The first-order chi connectivity index (χ1) is 32.6. The van der Waals surface area contributed by atoms with Crippen LogP contribution >= 0.6 is 0 Å². The van der Waals surface area contributed by atoms with E-state index in [0.717, 1.165) is 141 Å². The molecule has 1 aliphatic carbocycles. The summed E-state index contributed by atoms with van der Waals surface area (Å²) in [5.41, 5.74) is 21.4. The number of hydrogen-bond acceptors (Lipinski definition) is 4. The number of para-hydroxylation sites is 2. The number of aryl methyl sites for hydroxylation is 4. The summed E-state index contributed by atoms with van der Waals surface area (Å²) < 4.78 is 8.95. The zero-order chi connectivity index (χ0) is 45.6. The minimum absolute atomic E-state index is 0.0399. The number of phenolic OH excluding ortho intramolecular Hbond substituents is 1. The van der Waals surface area contributed by atoms with Gasteiger partial charge < -0.3 is 9.52 Å². The SMILES string of the molecule is Cc1cccc(C)c1-n1c(-c2ccc3c(n2)-c2c(O)cccc2CC3)nc2c(-c3ccc4c(c3)oc3ccccc34)c(-c3c(-c4ccccc4)cccc3-c3cccc(C(C)(C)C)c3)ccc21. The van der Waals surface area contributed by atoms with E-state index in [1.165, 1.54) is 5.56 Å². The van der Waals surface area contributed by atoms with E-state index in [1.807, 2.05) is 18.2 Å². The largest absolute Gasteiger partial charge is 0.507 e. The van der Waals surface area contributed by atoms with Crippen LogP contribution < -0.4 is 0 Å². The molecule has 324 valence electrons. The van der Waals surface area contributed by atoms with Gasteiger partial charge in [-0.2, -0.15) is 0 Å². The van der Waals surface area contributed by atoms with Crippen molar-refractivity contribution in [3.05, 3.63) is 204 Å². The second kappa shape index (κ2) is 15.6. The lowest BCUT2D eigenvalue weighted by Crippen LogP contribution is -2.10. The molecule has 0 saturated carbocycles. The van der Waals surface area contributed by atoms with Gasteiger partial charge in [-0.1, -0.05) is 160 Å². The fourth-order valence-electron chi connectivity index (χ4n) is 10.5. The summed E-state index contributed by atoms with van der Waals surface area (Å²) in [4.78, 5) is 11.3. The highest BCUT2D eigenvalue weighted by Gasteiger charge is 2.28. The molecule has 12 rings (SSSR count). The molecule has 3 heterocycles. The van der Waals surface area contributed by atoms with E-state index in [9.17, 15) is 5.11 Å². The maximum Gasteiger partial charge on any atom is 0.164 e. The number of furan rings is 1. The molecule has 0 spiro atoms. The summed E-state index contributed by atoms with van der Waals surface area (Å²) >= 11 is 0. The molecule has 1 aliphatic rings. The zero-order valence-electron chi connectivity index (χ0n) is 38.4. The molecular formula is C62H49N3O2. The van der Waals surface area contributed by atoms with Crippen molar-refractivity contribution in [3.8, 4) is 78.7 Å². The first kappa shape index (κ1) is 40.5. The number of benzene rings is 8. The Morgan fingerprint density at radius 3 is 2.04 bits per heavy atom. The molecule has 0 unspecified atom stereocenters. The average Bonchev–Trinajstić information content (AvgIpc) is 3.91. The van der Waals surface area contributed by atoms with E-state index in [-0.39, 0.29) is 11.2 Å². The molecule has 0 fully saturated rings. The van der Waals surface area contributed by atoms with Crippen molar-refractivity contribution >= 4 is 33.0 Å².